The molecule has 0 saturated carbocycles. The first-order valence-electron chi connectivity index (χ1n) is 8.80. The van der Waals surface area contributed by atoms with Crippen LogP contribution in [0, 0.1) is 13.8 Å². The Morgan fingerprint density at radius 2 is 1.37 bits per heavy atom. The van der Waals surface area contributed by atoms with Gasteiger partial charge < -0.3 is 31.1 Å². The zero-order valence-electron chi connectivity index (χ0n) is 16.1. The minimum Gasteiger partial charge on any atom is -0.508 e. The molecule has 0 fully saturated rings. The lowest BCUT2D eigenvalue weighted by Crippen LogP contribution is -2.16. The van der Waals surface area contributed by atoms with Gasteiger partial charge in [0.1, 0.15) is 17.2 Å². The molecule has 1 heterocycles. The Bertz CT molecular complexity index is 1070. The largest absolute Gasteiger partial charge is 0.508 e. The first-order chi connectivity index (χ1) is 14.2. The quantitative estimate of drug-likeness (QED) is 0.286. The number of amides is 2. The number of nitrogens with one attached hydrogen (secondary N) is 2. The number of aromatic hydroxyl groups is 4. The van der Waals surface area contributed by atoms with Gasteiger partial charge in [-0.15, -0.1) is 0 Å². The van der Waals surface area contributed by atoms with E-state index in [0.29, 0.717) is 5.56 Å². The van der Waals surface area contributed by atoms with Gasteiger partial charge in [-0.3, -0.25) is 9.59 Å². The molecule has 0 unspecified atom stereocenters. The average Bonchev–Trinajstić information content (AvgIpc) is 2.70. The van der Waals surface area contributed by atoms with Crippen molar-refractivity contribution in [3.63, 3.8) is 0 Å². The third-order valence-corrected chi connectivity index (χ3v) is 4.35. The Morgan fingerprint density at radius 3 is 2.03 bits per heavy atom. The van der Waals surface area contributed by atoms with Crippen LogP contribution in [0.15, 0.2) is 42.5 Å². The highest BCUT2D eigenvalue weighted by molar-refractivity contribution is 6.09. The fourth-order valence-electron chi connectivity index (χ4n) is 2.64. The molecule has 0 spiro atoms. The summed E-state index contributed by atoms with van der Waals surface area (Å²) in [6.45, 7) is 3.12. The highest BCUT2D eigenvalue weighted by Gasteiger charge is 2.16. The smallest absolute Gasteiger partial charge is 0.256 e. The molecule has 0 saturated heterocycles. The first kappa shape index (κ1) is 20.5. The number of carbonyl (C=O) groups is 2. The summed E-state index contributed by atoms with van der Waals surface area (Å²) in [4.78, 5) is 29.0. The second-order valence-corrected chi connectivity index (χ2v) is 6.61. The molecule has 0 aliphatic heterocycles. The van der Waals surface area contributed by atoms with Gasteiger partial charge >= 0.3 is 0 Å². The number of anilines is 2. The van der Waals surface area contributed by atoms with Crippen LogP contribution in [0.5, 0.6) is 23.0 Å². The van der Waals surface area contributed by atoms with E-state index in [1.807, 2.05) is 0 Å². The molecule has 154 valence electrons. The van der Waals surface area contributed by atoms with Gasteiger partial charge in [-0.05, 0) is 43.7 Å². The number of rotatable bonds is 4. The number of pyridine rings is 1. The Morgan fingerprint density at radius 1 is 0.767 bits per heavy atom. The molecule has 3 aromatic rings. The SMILES string of the molecule is Cc1cc(NC(=O)c2cccc(C(=O)Nc3nc(C)c(O)cc3O)c2)c(O)cc1O. The van der Waals surface area contributed by atoms with Crippen molar-refractivity contribution in [3.8, 4) is 23.0 Å². The van der Waals surface area contributed by atoms with Gasteiger partial charge in [-0.1, -0.05) is 6.07 Å². The van der Waals surface area contributed by atoms with Crippen molar-refractivity contribution in [3.05, 3.63) is 64.8 Å². The number of benzene rings is 2. The fourth-order valence-corrected chi connectivity index (χ4v) is 2.64. The Hall–Kier alpha value is -4.27. The van der Waals surface area contributed by atoms with Gasteiger partial charge in [0.05, 0.1) is 11.4 Å². The summed E-state index contributed by atoms with van der Waals surface area (Å²) < 4.78 is 0. The van der Waals surface area contributed by atoms with E-state index >= 15 is 0 Å². The van der Waals surface area contributed by atoms with E-state index in [1.165, 1.54) is 37.3 Å². The Labute approximate surface area is 171 Å². The van der Waals surface area contributed by atoms with Crippen molar-refractivity contribution in [2.45, 2.75) is 13.8 Å². The zero-order chi connectivity index (χ0) is 22.0. The molecule has 0 aliphatic carbocycles. The maximum absolute atomic E-state index is 12.5. The van der Waals surface area contributed by atoms with E-state index in [1.54, 1.807) is 6.92 Å². The molecule has 0 bridgehead atoms. The van der Waals surface area contributed by atoms with Gasteiger partial charge in [0, 0.05) is 23.3 Å². The highest BCUT2D eigenvalue weighted by Crippen LogP contribution is 2.31. The third kappa shape index (κ3) is 4.25. The number of phenolic OH excluding ortho intramolecular Hbond substituents is 2. The van der Waals surface area contributed by atoms with Gasteiger partial charge in [0.2, 0.25) is 0 Å². The van der Waals surface area contributed by atoms with Gasteiger partial charge in [0.25, 0.3) is 11.8 Å². The van der Waals surface area contributed by atoms with Crippen LogP contribution in [0.3, 0.4) is 0 Å². The number of carbonyl (C=O) groups excluding carboxylic acids is 2. The minimum absolute atomic E-state index is 0.106. The van der Waals surface area contributed by atoms with Crippen LogP contribution in [0.1, 0.15) is 32.0 Å². The Balaban J connectivity index is 1.80. The van der Waals surface area contributed by atoms with Crippen molar-refractivity contribution >= 4 is 23.3 Å². The van der Waals surface area contributed by atoms with E-state index in [9.17, 15) is 30.0 Å². The number of nitrogens with zero attached hydrogens (tertiary/aromatic N) is 1. The number of aromatic nitrogens is 1. The molecule has 3 rings (SSSR count). The molecule has 9 nitrogen and oxygen atoms in total. The molecule has 30 heavy (non-hydrogen) atoms. The molecule has 1 aromatic heterocycles. The third-order valence-electron chi connectivity index (χ3n) is 4.35. The Kier molecular flexibility index (Phi) is 5.45. The second kappa shape index (κ2) is 8.00. The van der Waals surface area contributed by atoms with Crippen LogP contribution in [-0.2, 0) is 0 Å². The summed E-state index contributed by atoms with van der Waals surface area (Å²) >= 11 is 0. The molecule has 0 radical (unpaired) electrons. The van der Waals surface area contributed by atoms with E-state index < -0.39 is 17.6 Å². The van der Waals surface area contributed by atoms with Crippen LogP contribution < -0.4 is 10.6 Å². The van der Waals surface area contributed by atoms with E-state index in [4.69, 9.17) is 0 Å². The lowest BCUT2D eigenvalue weighted by atomic mass is 10.1. The van der Waals surface area contributed by atoms with E-state index in [0.717, 1.165) is 12.1 Å². The van der Waals surface area contributed by atoms with Crippen LogP contribution in [0.25, 0.3) is 0 Å². The molecule has 6 N–H and O–H groups in total. The monoisotopic (exact) mass is 409 g/mol. The van der Waals surface area contributed by atoms with Gasteiger partial charge in [0.15, 0.2) is 11.6 Å². The number of hydrogen-bond acceptors (Lipinski definition) is 7. The molecule has 2 aromatic carbocycles. The molecule has 0 aliphatic rings. The van der Waals surface area contributed by atoms with Crippen LogP contribution in [0.2, 0.25) is 0 Å². The van der Waals surface area contributed by atoms with Gasteiger partial charge in [-0.25, -0.2) is 4.98 Å². The molecular weight excluding hydrogens is 390 g/mol. The molecular formula is C21H19N3O6. The topological polar surface area (TPSA) is 152 Å². The molecule has 0 atom stereocenters. The predicted molar refractivity (Wildman–Crippen MR) is 109 cm³/mol. The lowest BCUT2D eigenvalue weighted by Gasteiger charge is -2.11. The average molecular weight is 409 g/mol. The molecule has 2 amide bonds. The summed E-state index contributed by atoms with van der Waals surface area (Å²) in [6.07, 6.45) is 0. The van der Waals surface area contributed by atoms with Crippen molar-refractivity contribution in [1.82, 2.24) is 4.98 Å². The minimum atomic E-state index is -0.624. The van der Waals surface area contributed by atoms with Crippen LogP contribution >= 0.6 is 0 Å². The van der Waals surface area contributed by atoms with E-state index in [2.05, 4.69) is 15.6 Å². The second-order valence-electron chi connectivity index (χ2n) is 6.61. The van der Waals surface area contributed by atoms with Gasteiger partial charge in [-0.2, -0.15) is 0 Å². The number of phenols is 2. The van der Waals surface area contributed by atoms with Crippen molar-refractivity contribution in [2.75, 3.05) is 10.6 Å². The maximum atomic E-state index is 12.5. The first-order valence-corrected chi connectivity index (χ1v) is 8.80. The zero-order valence-corrected chi connectivity index (χ0v) is 16.1. The number of hydrogen-bond donors (Lipinski definition) is 6. The fraction of sp³-hybridized carbons (Fsp3) is 0.0952. The summed E-state index contributed by atoms with van der Waals surface area (Å²) in [5.74, 6) is -2.35. The van der Waals surface area contributed by atoms with Crippen LogP contribution in [-0.4, -0.2) is 37.2 Å². The van der Waals surface area contributed by atoms with Crippen molar-refractivity contribution in [1.29, 1.82) is 0 Å². The maximum Gasteiger partial charge on any atom is 0.256 e. The molecule has 9 heteroatoms. The lowest BCUT2D eigenvalue weighted by molar-refractivity contribution is 0.102. The van der Waals surface area contributed by atoms with Crippen molar-refractivity contribution in [2.24, 2.45) is 0 Å². The highest BCUT2D eigenvalue weighted by atomic mass is 16.3. The summed E-state index contributed by atoms with van der Waals surface area (Å²) in [5.41, 5.74) is 1.07. The van der Waals surface area contributed by atoms with E-state index in [-0.39, 0.29) is 45.6 Å². The summed E-state index contributed by atoms with van der Waals surface area (Å²) in [5, 5.41) is 43.8. The summed E-state index contributed by atoms with van der Waals surface area (Å²) in [6, 6.07) is 9.39. The normalized spacial score (nSPS) is 10.5. The predicted octanol–water partition coefficient (Wildman–Crippen LogP) is 3.03. The number of aryl methyl sites for hydroxylation is 2. The van der Waals surface area contributed by atoms with Crippen LogP contribution in [0.4, 0.5) is 11.5 Å². The summed E-state index contributed by atoms with van der Waals surface area (Å²) in [7, 11) is 0. The standard InChI is InChI=1S/C21H19N3O6/c1-10-6-14(17(27)8-15(10)25)23-20(29)12-4-3-5-13(7-12)21(30)24-19-18(28)9-16(26)11(2)22-19/h3-9,25-28H,1-2H3,(H,23,29)(H,22,24,30). The van der Waals surface area contributed by atoms with Crippen molar-refractivity contribution < 1.29 is 30.0 Å².